The number of hydrogen-bond acceptors (Lipinski definition) is 5. The summed E-state index contributed by atoms with van der Waals surface area (Å²) >= 11 is 1.41. The van der Waals surface area contributed by atoms with Gasteiger partial charge < -0.3 is 5.32 Å². The van der Waals surface area contributed by atoms with Crippen LogP contribution in [0.3, 0.4) is 0 Å². The topological polar surface area (TPSA) is 67.8 Å². The molecule has 1 N–H and O–H groups in total. The molecule has 0 saturated heterocycles. The van der Waals surface area contributed by atoms with Crippen molar-refractivity contribution in [3.63, 3.8) is 0 Å². The van der Waals surface area contributed by atoms with Crippen LogP contribution in [-0.4, -0.2) is 20.9 Å². The van der Waals surface area contributed by atoms with Crippen LogP contribution in [-0.2, 0) is 5.41 Å². The number of aryl methyl sites for hydroxylation is 3. The number of anilines is 1. The van der Waals surface area contributed by atoms with Gasteiger partial charge in [-0.3, -0.25) is 4.79 Å². The summed E-state index contributed by atoms with van der Waals surface area (Å²) in [5.41, 5.74) is 2.63. The fourth-order valence-electron chi connectivity index (χ4n) is 2.67. The second-order valence-electron chi connectivity index (χ2n) is 7.24. The van der Waals surface area contributed by atoms with Crippen LogP contribution in [0, 0.1) is 20.8 Å². The summed E-state index contributed by atoms with van der Waals surface area (Å²) in [5.74, 6) is 1.23. The van der Waals surface area contributed by atoms with Gasteiger partial charge in [-0.25, -0.2) is 15.0 Å². The maximum absolute atomic E-state index is 12.8. The van der Waals surface area contributed by atoms with E-state index in [2.05, 4.69) is 36.1 Å². The second kappa shape index (κ2) is 6.19. The summed E-state index contributed by atoms with van der Waals surface area (Å²) in [6.07, 6.45) is 1.67. The van der Waals surface area contributed by atoms with E-state index in [9.17, 15) is 4.79 Å². The minimum atomic E-state index is -0.154. The third-order valence-corrected chi connectivity index (χ3v) is 5.27. The third kappa shape index (κ3) is 3.26. The molecular weight excluding hydrogens is 332 g/mol. The van der Waals surface area contributed by atoms with Gasteiger partial charge in [-0.2, -0.15) is 0 Å². The summed E-state index contributed by atoms with van der Waals surface area (Å²) in [4.78, 5) is 27.9. The average molecular weight is 354 g/mol. The molecular formula is C19H22N4OS. The first-order valence-corrected chi connectivity index (χ1v) is 9.01. The van der Waals surface area contributed by atoms with Crippen LogP contribution >= 0.6 is 11.3 Å². The molecule has 0 saturated carbocycles. The molecule has 1 amide bonds. The molecule has 3 aromatic heterocycles. The highest BCUT2D eigenvalue weighted by Gasteiger charge is 2.23. The van der Waals surface area contributed by atoms with Gasteiger partial charge in [-0.05, 0) is 38.0 Å². The van der Waals surface area contributed by atoms with Crippen LogP contribution in [0.1, 0.15) is 53.1 Å². The highest BCUT2D eigenvalue weighted by Crippen LogP contribution is 2.33. The van der Waals surface area contributed by atoms with Gasteiger partial charge in [0.25, 0.3) is 5.91 Å². The van der Waals surface area contributed by atoms with Crippen LogP contribution < -0.4 is 5.32 Å². The van der Waals surface area contributed by atoms with Gasteiger partial charge in [0.2, 0.25) is 0 Å². The van der Waals surface area contributed by atoms with Crippen LogP contribution in [0.15, 0.2) is 18.3 Å². The summed E-state index contributed by atoms with van der Waals surface area (Å²) in [6, 6.07) is 3.77. The molecule has 0 fully saturated rings. The number of nitrogens with one attached hydrogen (secondary N) is 1. The zero-order valence-corrected chi connectivity index (χ0v) is 16.2. The van der Waals surface area contributed by atoms with Gasteiger partial charge >= 0.3 is 0 Å². The van der Waals surface area contributed by atoms with Crippen LogP contribution in [0.5, 0.6) is 0 Å². The monoisotopic (exact) mass is 354 g/mol. The number of fused-ring (bicyclic) bond motifs is 1. The van der Waals surface area contributed by atoms with Gasteiger partial charge in [0.05, 0.1) is 10.6 Å². The minimum Gasteiger partial charge on any atom is -0.306 e. The molecule has 3 aromatic rings. The lowest BCUT2D eigenvalue weighted by Crippen LogP contribution is -2.16. The van der Waals surface area contributed by atoms with Crippen molar-refractivity contribution < 1.29 is 4.79 Å². The van der Waals surface area contributed by atoms with E-state index in [-0.39, 0.29) is 11.3 Å². The van der Waals surface area contributed by atoms with E-state index < -0.39 is 0 Å². The van der Waals surface area contributed by atoms with Crippen molar-refractivity contribution in [2.45, 2.75) is 47.0 Å². The Balaban J connectivity index is 2.05. The van der Waals surface area contributed by atoms with E-state index in [0.717, 1.165) is 32.9 Å². The Hall–Kier alpha value is -2.34. The van der Waals surface area contributed by atoms with Gasteiger partial charge in [0, 0.05) is 17.0 Å². The average Bonchev–Trinajstić information content (AvgIpc) is 2.86. The lowest BCUT2D eigenvalue weighted by atomic mass is 9.95. The largest absolute Gasteiger partial charge is 0.306 e. The number of aromatic nitrogens is 3. The SMILES string of the molecule is Cc1cccnc1NC(=O)c1sc2nc(C(C)(C)C)nc(C)c2c1C. The maximum atomic E-state index is 12.8. The predicted octanol–water partition coefficient (Wildman–Crippen LogP) is 4.56. The number of pyridine rings is 1. The van der Waals surface area contributed by atoms with Crippen molar-refractivity contribution >= 4 is 33.3 Å². The Bertz CT molecular complexity index is 969. The van der Waals surface area contributed by atoms with Crippen LogP contribution in [0.25, 0.3) is 10.2 Å². The molecule has 0 spiro atoms. The molecule has 0 aliphatic heterocycles. The van der Waals surface area contributed by atoms with Gasteiger partial charge in [-0.15, -0.1) is 11.3 Å². The zero-order chi connectivity index (χ0) is 18.4. The number of thiophene rings is 1. The molecule has 0 bridgehead atoms. The van der Waals surface area contributed by atoms with Crippen molar-refractivity contribution in [1.82, 2.24) is 15.0 Å². The lowest BCUT2D eigenvalue weighted by molar-refractivity contribution is 0.102. The molecule has 6 heteroatoms. The van der Waals surface area contributed by atoms with Gasteiger partial charge in [-0.1, -0.05) is 26.8 Å². The first-order chi connectivity index (χ1) is 11.7. The third-order valence-electron chi connectivity index (χ3n) is 4.09. The number of carbonyl (C=O) groups is 1. The summed E-state index contributed by atoms with van der Waals surface area (Å²) in [7, 11) is 0. The Kier molecular flexibility index (Phi) is 4.33. The molecule has 0 aliphatic rings. The maximum Gasteiger partial charge on any atom is 0.267 e. The summed E-state index contributed by atoms with van der Waals surface area (Å²) < 4.78 is 0. The van der Waals surface area contributed by atoms with E-state index in [1.165, 1.54) is 11.3 Å². The predicted molar refractivity (Wildman–Crippen MR) is 103 cm³/mol. The quantitative estimate of drug-likeness (QED) is 0.732. The van der Waals surface area contributed by atoms with E-state index >= 15 is 0 Å². The zero-order valence-electron chi connectivity index (χ0n) is 15.4. The second-order valence-corrected chi connectivity index (χ2v) is 8.24. The Morgan fingerprint density at radius 3 is 2.52 bits per heavy atom. The summed E-state index contributed by atoms with van der Waals surface area (Å²) in [5, 5.41) is 3.88. The Labute approximate surface area is 151 Å². The molecule has 0 atom stereocenters. The van der Waals surface area contributed by atoms with E-state index in [0.29, 0.717) is 10.7 Å². The van der Waals surface area contributed by atoms with Gasteiger partial charge in [0.15, 0.2) is 0 Å². The van der Waals surface area contributed by atoms with E-state index in [1.807, 2.05) is 32.9 Å². The van der Waals surface area contributed by atoms with Crippen molar-refractivity contribution in [2.24, 2.45) is 0 Å². The van der Waals surface area contributed by atoms with Crippen molar-refractivity contribution in [2.75, 3.05) is 5.32 Å². The smallest absolute Gasteiger partial charge is 0.267 e. The van der Waals surface area contributed by atoms with Crippen LogP contribution in [0.4, 0.5) is 5.82 Å². The number of hydrogen-bond donors (Lipinski definition) is 1. The fourth-order valence-corrected chi connectivity index (χ4v) is 3.80. The van der Waals surface area contributed by atoms with Crippen molar-refractivity contribution in [3.8, 4) is 0 Å². The van der Waals surface area contributed by atoms with Crippen molar-refractivity contribution in [1.29, 1.82) is 0 Å². The molecule has 3 rings (SSSR count). The number of carbonyl (C=O) groups excluding carboxylic acids is 1. The fraction of sp³-hybridized carbons (Fsp3) is 0.368. The van der Waals surface area contributed by atoms with Gasteiger partial charge in [0.1, 0.15) is 16.5 Å². The Morgan fingerprint density at radius 1 is 1.16 bits per heavy atom. The standard InChI is InChI=1S/C19H22N4OS/c1-10-8-7-9-20-15(10)22-16(24)14-11(2)13-12(3)21-18(19(4,5)6)23-17(13)25-14/h7-9H,1-6H3,(H,20,22,24). The Morgan fingerprint density at radius 2 is 1.88 bits per heavy atom. The first kappa shape index (κ1) is 17.5. The molecule has 0 radical (unpaired) electrons. The highest BCUT2D eigenvalue weighted by atomic mass is 32.1. The number of amides is 1. The first-order valence-electron chi connectivity index (χ1n) is 8.19. The molecule has 130 valence electrons. The molecule has 25 heavy (non-hydrogen) atoms. The van der Waals surface area contributed by atoms with E-state index in [1.54, 1.807) is 6.20 Å². The number of nitrogens with zero attached hydrogens (tertiary/aromatic N) is 3. The number of rotatable bonds is 2. The van der Waals surface area contributed by atoms with E-state index in [4.69, 9.17) is 4.98 Å². The normalized spacial score (nSPS) is 11.8. The molecule has 0 aromatic carbocycles. The molecule has 0 unspecified atom stereocenters. The van der Waals surface area contributed by atoms with Crippen molar-refractivity contribution in [3.05, 3.63) is 45.9 Å². The van der Waals surface area contributed by atoms with Crippen LogP contribution in [0.2, 0.25) is 0 Å². The molecule has 0 aliphatic carbocycles. The lowest BCUT2D eigenvalue weighted by Gasteiger charge is -2.16. The summed E-state index contributed by atoms with van der Waals surface area (Å²) in [6.45, 7) is 12.1. The molecule has 3 heterocycles. The molecule has 5 nitrogen and oxygen atoms in total. The highest BCUT2D eigenvalue weighted by molar-refractivity contribution is 7.20. The minimum absolute atomic E-state index is 0.135.